The fraction of sp³-hybridized carbons (Fsp3) is 0.250. The molecule has 0 aromatic heterocycles. The van der Waals surface area contributed by atoms with Crippen LogP contribution in [0.25, 0.3) is 0 Å². The Hall–Kier alpha value is -2.38. The highest BCUT2D eigenvalue weighted by atomic mass is 14.9. The van der Waals surface area contributed by atoms with Gasteiger partial charge in [-0.25, -0.2) is 0 Å². The summed E-state index contributed by atoms with van der Waals surface area (Å²) < 4.78 is 0. The lowest BCUT2D eigenvalue weighted by Crippen LogP contribution is -2.23. The molecule has 0 saturated carbocycles. The van der Waals surface area contributed by atoms with Crippen molar-refractivity contribution >= 4 is 0 Å². The van der Waals surface area contributed by atoms with E-state index in [1.165, 1.54) is 16.7 Å². The molecule has 1 atom stereocenters. The Morgan fingerprint density at radius 1 is 0.640 bits per heavy atom. The van der Waals surface area contributed by atoms with Crippen molar-refractivity contribution in [3.63, 3.8) is 0 Å². The normalized spacial score (nSPS) is 12.2. The third-order valence-corrected chi connectivity index (χ3v) is 4.83. The molecular formula is C24H27N. The van der Waals surface area contributed by atoms with Gasteiger partial charge in [-0.3, -0.25) is 0 Å². The first-order chi connectivity index (χ1) is 12.3. The molecule has 1 heteroatoms. The second kappa shape index (κ2) is 9.19. The van der Waals surface area contributed by atoms with E-state index in [4.69, 9.17) is 0 Å². The zero-order chi connectivity index (χ0) is 17.3. The van der Waals surface area contributed by atoms with Gasteiger partial charge in [0.15, 0.2) is 0 Å². The molecule has 1 nitrogen and oxygen atoms in total. The van der Waals surface area contributed by atoms with E-state index in [-0.39, 0.29) is 0 Å². The highest BCUT2D eigenvalue weighted by Crippen LogP contribution is 2.27. The van der Waals surface area contributed by atoms with Crippen molar-refractivity contribution in [3.05, 3.63) is 108 Å². The van der Waals surface area contributed by atoms with Crippen LogP contribution in [0.2, 0.25) is 0 Å². The highest BCUT2D eigenvalue weighted by Gasteiger charge is 2.13. The molecule has 0 aliphatic heterocycles. The Kier molecular flexibility index (Phi) is 6.42. The quantitative estimate of drug-likeness (QED) is 0.530. The van der Waals surface area contributed by atoms with Gasteiger partial charge in [-0.1, -0.05) is 97.9 Å². The van der Waals surface area contributed by atoms with Crippen LogP contribution in [0.3, 0.4) is 0 Å². The molecule has 3 aromatic rings. The van der Waals surface area contributed by atoms with Crippen LogP contribution >= 0.6 is 0 Å². The minimum atomic E-state index is 0.446. The standard InChI is InChI=1S/C24H27N/c1-20(21-11-5-2-6-12-21)19-25-18-17-24(22-13-7-3-8-14-22)23-15-9-4-10-16-23/h2-16,20,24-25H,17-19H2,1H3. The molecule has 0 aliphatic carbocycles. The number of hydrogen-bond donors (Lipinski definition) is 1. The Bertz CT molecular complexity index is 682. The van der Waals surface area contributed by atoms with Gasteiger partial charge >= 0.3 is 0 Å². The van der Waals surface area contributed by atoms with E-state index in [1.54, 1.807) is 0 Å². The van der Waals surface area contributed by atoms with Gasteiger partial charge in [0.2, 0.25) is 0 Å². The zero-order valence-electron chi connectivity index (χ0n) is 14.9. The van der Waals surface area contributed by atoms with E-state index >= 15 is 0 Å². The van der Waals surface area contributed by atoms with Crippen molar-refractivity contribution in [2.24, 2.45) is 0 Å². The van der Waals surface area contributed by atoms with Crippen LogP contribution in [0.4, 0.5) is 0 Å². The van der Waals surface area contributed by atoms with E-state index in [0.29, 0.717) is 11.8 Å². The van der Waals surface area contributed by atoms with Gasteiger partial charge in [0.25, 0.3) is 0 Å². The second-order valence-electron chi connectivity index (χ2n) is 6.68. The minimum Gasteiger partial charge on any atom is -0.316 e. The topological polar surface area (TPSA) is 12.0 Å². The minimum absolute atomic E-state index is 0.446. The molecule has 0 radical (unpaired) electrons. The summed E-state index contributed by atoms with van der Waals surface area (Å²) >= 11 is 0. The Balaban J connectivity index is 1.58. The number of rotatable bonds is 8. The molecule has 0 heterocycles. The van der Waals surface area contributed by atoms with Crippen molar-refractivity contribution in [1.82, 2.24) is 5.32 Å². The van der Waals surface area contributed by atoms with Crippen LogP contribution in [0.15, 0.2) is 91.0 Å². The summed E-state index contributed by atoms with van der Waals surface area (Å²) in [7, 11) is 0. The van der Waals surface area contributed by atoms with Gasteiger partial charge < -0.3 is 5.32 Å². The average Bonchev–Trinajstić information content (AvgIpc) is 2.70. The average molecular weight is 329 g/mol. The summed E-state index contributed by atoms with van der Waals surface area (Å²) in [6.45, 7) is 4.32. The Morgan fingerprint density at radius 2 is 1.08 bits per heavy atom. The summed E-state index contributed by atoms with van der Waals surface area (Å²) in [6.07, 6.45) is 1.11. The summed E-state index contributed by atoms with van der Waals surface area (Å²) in [6, 6.07) is 32.4. The molecular weight excluding hydrogens is 302 g/mol. The van der Waals surface area contributed by atoms with Crippen LogP contribution in [0.1, 0.15) is 41.9 Å². The fourth-order valence-corrected chi connectivity index (χ4v) is 3.36. The van der Waals surface area contributed by atoms with E-state index < -0.39 is 0 Å². The van der Waals surface area contributed by atoms with Crippen molar-refractivity contribution in [3.8, 4) is 0 Å². The van der Waals surface area contributed by atoms with Gasteiger partial charge in [0.05, 0.1) is 0 Å². The largest absolute Gasteiger partial charge is 0.316 e. The molecule has 128 valence electrons. The summed E-state index contributed by atoms with van der Waals surface area (Å²) in [5.41, 5.74) is 4.19. The van der Waals surface area contributed by atoms with Gasteiger partial charge in [-0.2, -0.15) is 0 Å². The molecule has 3 rings (SSSR count). The highest BCUT2D eigenvalue weighted by molar-refractivity contribution is 5.32. The Morgan fingerprint density at radius 3 is 1.56 bits per heavy atom. The van der Waals surface area contributed by atoms with Crippen LogP contribution in [-0.2, 0) is 0 Å². The van der Waals surface area contributed by atoms with Gasteiger partial charge in [0, 0.05) is 12.5 Å². The fourth-order valence-electron chi connectivity index (χ4n) is 3.36. The van der Waals surface area contributed by atoms with Gasteiger partial charge in [0.1, 0.15) is 0 Å². The lowest BCUT2D eigenvalue weighted by Gasteiger charge is -2.19. The molecule has 0 spiro atoms. The summed E-state index contributed by atoms with van der Waals surface area (Å²) in [4.78, 5) is 0. The van der Waals surface area contributed by atoms with E-state index in [1.807, 2.05) is 0 Å². The molecule has 0 saturated heterocycles. The van der Waals surface area contributed by atoms with Crippen molar-refractivity contribution in [1.29, 1.82) is 0 Å². The number of hydrogen-bond acceptors (Lipinski definition) is 1. The third kappa shape index (κ3) is 5.04. The zero-order valence-corrected chi connectivity index (χ0v) is 14.9. The van der Waals surface area contributed by atoms with Crippen molar-refractivity contribution < 1.29 is 0 Å². The lowest BCUT2D eigenvalue weighted by atomic mass is 9.88. The number of benzene rings is 3. The lowest BCUT2D eigenvalue weighted by molar-refractivity contribution is 0.574. The first-order valence-corrected chi connectivity index (χ1v) is 9.20. The van der Waals surface area contributed by atoms with Crippen LogP contribution in [0, 0.1) is 0 Å². The van der Waals surface area contributed by atoms with E-state index in [2.05, 4.69) is 103 Å². The molecule has 25 heavy (non-hydrogen) atoms. The van der Waals surface area contributed by atoms with Crippen LogP contribution in [-0.4, -0.2) is 13.1 Å². The second-order valence-corrected chi connectivity index (χ2v) is 6.68. The Labute approximate surface area is 151 Å². The van der Waals surface area contributed by atoms with Crippen LogP contribution in [0.5, 0.6) is 0 Å². The molecule has 0 amide bonds. The molecule has 0 aliphatic rings. The van der Waals surface area contributed by atoms with Gasteiger partial charge in [-0.05, 0) is 35.6 Å². The van der Waals surface area contributed by atoms with Gasteiger partial charge in [-0.15, -0.1) is 0 Å². The van der Waals surface area contributed by atoms with E-state index in [0.717, 1.165) is 19.5 Å². The smallest absolute Gasteiger partial charge is 0.0101 e. The van der Waals surface area contributed by atoms with Crippen molar-refractivity contribution in [2.75, 3.05) is 13.1 Å². The maximum atomic E-state index is 3.65. The van der Waals surface area contributed by atoms with Crippen molar-refractivity contribution in [2.45, 2.75) is 25.2 Å². The van der Waals surface area contributed by atoms with E-state index in [9.17, 15) is 0 Å². The maximum Gasteiger partial charge on any atom is 0.0101 e. The summed E-state index contributed by atoms with van der Waals surface area (Å²) in [5, 5.41) is 3.65. The van der Waals surface area contributed by atoms with Crippen LogP contribution < -0.4 is 5.32 Å². The molecule has 1 N–H and O–H groups in total. The molecule has 1 unspecified atom stereocenters. The molecule has 3 aromatic carbocycles. The SMILES string of the molecule is CC(CNCCC(c1ccccc1)c1ccccc1)c1ccccc1. The first kappa shape index (κ1) is 17.4. The monoisotopic (exact) mass is 329 g/mol. The number of nitrogens with one attached hydrogen (secondary N) is 1. The summed E-state index contributed by atoms with van der Waals surface area (Å²) in [5.74, 6) is 0.982. The predicted octanol–water partition coefficient (Wildman–Crippen LogP) is 5.60. The third-order valence-electron chi connectivity index (χ3n) is 4.83. The molecule has 0 bridgehead atoms. The molecule has 0 fully saturated rings. The first-order valence-electron chi connectivity index (χ1n) is 9.20. The predicted molar refractivity (Wildman–Crippen MR) is 107 cm³/mol. The maximum absolute atomic E-state index is 3.65.